The van der Waals surface area contributed by atoms with Crippen LogP contribution in [0.5, 0.6) is 5.75 Å². The second-order valence-corrected chi connectivity index (χ2v) is 20.1. The van der Waals surface area contributed by atoms with Crippen LogP contribution in [0.2, 0.25) is 0 Å². The zero-order valence-corrected chi connectivity index (χ0v) is 37.6. The standard InChI is InChI=1S/C49H57F3N10O4/c1-59-37-9-6-32(24-35(37)41-42(46(59)65)66-27-49(51,52)43(56-41)30-3-4-30)54-44-36(50)25-53-47(57-44)62-21-17-48(18-22-62)15-11-28(12-16-48)26-61-19-13-29(14-20-61)31-5-7-33-38(23-31)60(2)58-40(33)34-8-10-39(63)55-45(34)64/h5-7,9,23-25,28-30,34,43,56H,3-4,8,10-22,26-27H2,1-2H3,(H,53,54,57)(H,55,63,64). The fraction of sp³-hybridized carbons (Fsp3) is 0.551. The quantitative estimate of drug-likeness (QED) is 0.133. The molecule has 0 radical (unpaired) electrons. The molecule has 2 saturated carbocycles. The lowest BCUT2D eigenvalue weighted by molar-refractivity contribution is -0.134. The molecule has 2 amide bonds. The Bertz CT molecular complexity index is 2780. The van der Waals surface area contributed by atoms with Crippen LogP contribution in [0.3, 0.4) is 0 Å². The van der Waals surface area contributed by atoms with E-state index in [-0.39, 0.29) is 35.0 Å². The van der Waals surface area contributed by atoms with Gasteiger partial charge in [0.15, 0.2) is 18.2 Å². The van der Waals surface area contributed by atoms with Crippen LogP contribution >= 0.6 is 0 Å². The Balaban J connectivity index is 0.686. The number of alkyl halides is 2. The number of carbonyl (C=O) groups excluding carboxylic acids is 2. The van der Waals surface area contributed by atoms with Gasteiger partial charge in [0, 0.05) is 56.6 Å². The first kappa shape index (κ1) is 42.9. The predicted molar refractivity (Wildman–Crippen MR) is 245 cm³/mol. The third kappa shape index (κ3) is 7.93. The Kier molecular flexibility index (Phi) is 10.8. The number of piperidine rings is 3. The molecule has 6 aliphatic rings. The minimum atomic E-state index is -3.15. The van der Waals surface area contributed by atoms with Crippen LogP contribution in [0.4, 0.5) is 36.3 Å². The number of ether oxygens (including phenoxy) is 1. The second-order valence-electron chi connectivity index (χ2n) is 20.1. The average molecular weight is 907 g/mol. The summed E-state index contributed by atoms with van der Waals surface area (Å²) in [6.07, 6.45) is 12.5. The van der Waals surface area contributed by atoms with Crippen molar-refractivity contribution in [1.29, 1.82) is 0 Å². The molecular weight excluding hydrogens is 850 g/mol. The molecule has 5 aromatic rings. The summed E-state index contributed by atoms with van der Waals surface area (Å²) in [5, 5.41) is 14.8. The molecule has 3 saturated heterocycles. The van der Waals surface area contributed by atoms with E-state index < -0.39 is 35.9 Å². The number of aromatic nitrogens is 5. The molecule has 17 heteroatoms. The number of anilines is 4. The Labute approximate surface area is 380 Å². The van der Waals surface area contributed by atoms with Crippen molar-refractivity contribution >= 4 is 56.8 Å². The van der Waals surface area contributed by atoms with Gasteiger partial charge in [-0.05, 0) is 137 Å². The zero-order valence-electron chi connectivity index (χ0n) is 37.6. The fourth-order valence-electron chi connectivity index (χ4n) is 11.8. The molecule has 2 unspecified atom stereocenters. The minimum Gasteiger partial charge on any atom is -0.480 e. The van der Waals surface area contributed by atoms with E-state index in [0.717, 1.165) is 75.0 Å². The normalized spacial score (nSPS) is 23.9. The lowest BCUT2D eigenvalue weighted by Gasteiger charge is -2.47. The Morgan fingerprint density at radius 3 is 2.39 bits per heavy atom. The topological polar surface area (TPSA) is 152 Å². The number of benzene rings is 2. The number of carbonyl (C=O) groups is 2. The van der Waals surface area contributed by atoms with Gasteiger partial charge in [-0.3, -0.25) is 24.4 Å². The number of nitrogens with one attached hydrogen (secondary N) is 3. The van der Waals surface area contributed by atoms with Gasteiger partial charge in [0.25, 0.3) is 5.56 Å². The number of imide groups is 1. The van der Waals surface area contributed by atoms with Gasteiger partial charge in [-0.15, -0.1) is 0 Å². The highest BCUT2D eigenvalue weighted by Crippen LogP contribution is 2.48. The number of nitrogens with zero attached hydrogens (tertiary/aromatic N) is 7. The molecular formula is C49H57F3N10O4. The van der Waals surface area contributed by atoms with Crippen molar-refractivity contribution in [3.63, 3.8) is 0 Å². The molecule has 7 heterocycles. The number of halogens is 3. The van der Waals surface area contributed by atoms with Gasteiger partial charge in [-0.2, -0.15) is 10.1 Å². The number of hydrogen-bond donors (Lipinski definition) is 3. The summed E-state index contributed by atoms with van der Waals surface area (Å²) in [5.41, 5.74) is 4.15. The van der Waals surface area contributed by atoms with Crippen molar-refractivity contribution in [2.24, 2.45) is 31.3 Å². The smallest absolute Gasteiger partial charge is 0.301 e. The van der Waals surface area contributed by atoms with Gasteiger partial charge in [0.1, 0.15) is 0 Å². The first-order valence-corrected chi connectivity index (χ1v) is 23.8. The van der Waals surface area contributed by atoms with Gasteiger partial charge in [0.2, 0.25) is 23.5 Å². The van der Waals surface area contributed by atoms with Crippen molar-refractivity contribution < 1.29 is 27.5 Å². The predicted octanol–water partition coefficient (Wildman–Crippen LogP) is 7.49. The van der Waals surface area contributed by atoms with Gasteiger partial charge < -0.3 is 29.7 Å². The largest absolute Gasteiger partial charge is 0.480 e. The molecule has 1 spiro atoms. The van der Waals surface area contributed by atoms with Crippen LogP contribution in [-0.2, 0) is 23.7 Å². The van der Waals surface area contributed by atoms with E-state index in [1.54, 1.807) is 25.2 Å². The van der Waals surface area contributed by atoms with E-state index in [1.807, 2.05) is 11.7 Å². The summed E-state index contributed by atoms with van der Waals surface area (Å²) >= 11 is 0. The summed E-state index contributed by atoms with van der Waals surface area (Å²) in [6, 6.07) is 10.6. The highest BCUT2D eigenvalue weighted by atomic mass is 19.3. The number of likely N-dealkylation sites (tertiary alicyclic amines) is 1. The van der Waals surface area contributed by atoms with Crippen LogP contribution in [0.25, 0.3) is 21.8 Å². The molecule has 3 N–H and O–H groups in total. The van der Waals surface area contributed by atoms with E-state index in [0.29, 0.717) is 65.5 Å². The number of rotatable bonds is 8. The highest BCUT2D eigenvalue weighted by molar-refractivity contribution is 6.02. The van der Waals surface area contributed by atoms with Crippen LogP contribution in [0.15, 0.2) is 47.4 Å². The highest BCUT2D eigenvalue weighted by Gasteiger charge is 2.51. The van der Waals surface area contributed by atoms with Crippen LogP contribution in [0.1, 0.15) is 100 Å². The SMILES string of the molecule is Cn1nc(C2CCC(=O)NC2=O)c2ccc(C3CCN(CC4CCC5(CC4)CCN(c4ncc(F)c(Nc6ccc7c(c6)c6c(c(=O)n7C)OCC(F)(F)C(C7CC7)N6)n4)CC5)CC3)cc21. The van der Waals surface area contributed by atoms with E-state index >= 15 is 13.2 Å². The summed E-state index contributed by atoms with van der Waals surface area (Å²) < 4.78 is 54.5. The summed E-state index contributed by atoms with van der Waals surface area (Å²) in [5.74, 6) is -3.35. The molecule has 11 rings (SSSR count). The third-order valence-electron chi connectivity index (χ3n) is 15.9. The first-order valence-electron chi connectivity index (χ1n) is 23.8. The number of amides is 2. The molecule has 348 valence electrons. The van der Waals surface area contributed by atoms with Crippen LogP contribution in [0, 0.1) is 23.1 Å². The van der Waals surface area contributed by atoms with Crippen molar-refractivity contribution in [3.8, 4) is 5.75 Å². The Hall–Kier alpha value is -5.71. The number of hydrogen-bond acceptors (Lipinski definition) is 11. The molecule has 4 aliphatic heterocycles. The maximum Gasteiger partial charge on any atom is 0.301 e. The fourth-order valence-corrected chi connectivity index (χ4v) is 11.8. The van der Waals surface area contributed by atoms with Crippen molar-refractivity contribution in [3.05, 3.63) is 70.0 Å². The van der Waals surface area contributed by atoms with Crippen molar-refractivity contribution in [2.45, 2.75) is 101 Å². The van der Waals surface area contributed by atoms with Gasteiger partial charge >= 0.3 is 5.92 Å². The monoisotopic (exact) mass is 906 g/mol. The lowest BCUT2D eigenvalue weighted by Crippen LogP contribution is -2.44. The number of aryl methyl sites for hydroxylation is 2. The lowest BCUT2D eigenvalue weighted by atomic mass is 9.65. The maximum absolute atomic E-state index is 15.3. The molecule has 2 atom stereocenters. The van der Waals surface area contributed by atoms with E-state index in [1.165, 1.54) is 42.0 Å². The van der Waals surface area contributed by atoms with Gasteiger partial charge in [0.05, 0.1) is 40.6 Å². The summed E-state index contributed by atoms with van der Waals surface area (Å²) in [7, 11) is 3.51. The van der Waals surface area contributed by atoms with E-state index in [4.69, 9.17) is 9.84 Å². The minimum absolute atomic E-state index is 0.0155. The average Bonchev–Trinajstić information content (AvgIpc) is 4.12. The molecule has 0 bridgehead atoms. The molecule has 2 aromatic carbocycles. The molecule has 14 nitrogen and oxygen atoms in total. The zero-order chi connectivity index (χ0) is 45.5. The van der Waals surface area contributed by atoms with Gasteiger partial charge in [-0.1, -0.05) is 12.1 Å². The third-order valence-corrected chi connectivity index (χ3v) is 15.9. The molecule has 3 aromatic heterocycles. The van der Waals surface area contributed by atoms with Crippen LogP contribution < -0.4 is 31.1 Å². The number of pyridine rings is 1. The Morgan fingerprint density at radius 1 is 0.879 bits per heavy atom. The van der Waals surface area contributed by atoms with E-state index in [9.17, 15) is 14.4 Å². The van der Waals surface area contributed by atoms with Crippen molar-refractivity contribution in [1.82, 2.24) is 34.5 Å². The molecule has 66 heavy (non-hydrogen) atoms. The first-order chi connectivity index (χ1) is 31.8. The second kappa shape index (κ2) is 16.6. The van der Waals surface area contributed by atoms with Gasteiger partial charge in [-0.25, -0.2) is 18.2 Å². The van der Waals surface area contributed by atoms with E-state index in [2.05, 4.69) is 53.9 Å². The summed E-state index contributed by atoms with van der Waals surface area (Å²) in [4.78, 5) is 51.4. The maximum atomic E-state index is 15.3. The Morgan fingerprint density at radius 2 is 1.65 bits per heavy atom. The van der Waals surface area contributed by atoms with Crippen molar-refractivity contribution in [2.75, 3.05) is 54.9 Å². The summed E-state index contributed by atoms with van der Waals surface area (Å²) in [6.45, 7) is 4.01. The number of fused-ring (bicyclic) bond motifs is 4. The van der Waals surface area contributed by atoms with Crippen LogP contribution in [-0.4, -0.2) is 92.3 Å². The molecule has 5 fully saturated rings. The molecule has 2 aliphatic carbocycles.